The van der Waals surface area contributed by atoms with Crippen LogP contribution in [-0.2, 0) is 22.0 Å². The third-order valence-electron chi connectivity index (χ3n) is 4.84. The standard InChI is InChI=1S/C21H23N3O2S/c1-2-3-19-12-20(10-11-22-19)24-14-18(13-23-24)17-6-4-16(5-7-17)15-27(25,26)21-8-9-21/h4-7,10-14,21H,2-3,8-9,15H2,1H3. The van der Waals surface area contributed by atoms with Crippen LogP contribution in [0.3, 0.4) is 0 Å². The van der Waals surface area contributed by atoms with Gasteiger partial charge >= 0.3 is 0 Å². The van der Waals surface area contributed by atoms with E-state index in [9.17, 15) is 8.42 Å². The van der Waals surface area contributed by atoms with E-state index < -0.39 is 9.84 Å². The Hall–Kier alpha value is -2.47. The lowest BCUT2D eigenvalue weighted by molar-refractivity contribution is 0.594. The van der Waals surface area contributed by atoms with Gasteiger partial charge in [-0.1, -0.05) is 37.6 Å². The summed E-state index contributed by atoms with van der Waals surface area (Å²) in [5.74, 6) is 0.133. The Morgan fingerprint density at radius 3 is 2.59 bits per heavy atom. The second-order valence-corrected chi connectivity index (χ2v) is 9.41. The number of rotatable bonds is 7. The van der Waals surface area contributed by atoms with Crippen molar-refractivity contribution in [3.63, 3.8) is 0 Å². The van der Waals surface area contributed by atoms with Crippen LogP contribution in [0, 0.1) is 0 Å². The molecule has 0 unspecified atom stereocenters. The van der Waals surface area contributed by atoms with Crippen molar-refractivity contribution < 1.29 is 8.42 Å². The van der Waals surface area contributed by atoms with Crippen molar-refractivity contribution in [3.8, 4) is 16.8 Å². The Kier molecular flexibility index (Phi) is 4.83. The maximum Gasteiger partial charge on any atom is 0.157 e. The van der Waals surface area contributed by atoms with Crippen LogP contribution >= 0.6 is 0 Å². The summed E-state index contributed by atoms with van der Waals surface area (Å²) in [7, 11) is -2.98. The molecular weight excluding hydrogens is 358 g/mol. The third kappa shape index (κ3) is 4.11. The van der Waals surface area contributed by atoms with Gasteiger partial charge in [0, 0.05) is 23.7 Å². The molecule has 140 valence electrons. The van der Waals surface area contributed by atoms with E-state index in [1.54, 1.807) is 0 Å². The van der Waals surface area contributed by atoms with Crippen LogP contribution in [0.15, 0.2) is 55.0 Å². The highest BCUT2D eigenvalue weighted by Gasteiger charge is 2.35. The molecule has 2 heterocycles. The summed E-state index contributed by atoms with van der Waals surface area (Å²) in [6.07, 6.45) is 9.27. The van der Waals surface area contributed by atoms with Crippen molar-refractivity contribution in [3.05, 3.63) is 66.2 Å². The smallest absolute Gasteiger partial charge is 0.157 e. The molecule has 0 amide bonds. The van der Waals surface area contributed by atoms with Gasteiger partial charge in [-0.05, 0) is 42.5 Å². The third-order valence-corrected chi connectivity index (χ3v) is 7.06. The predicted octanol–water partition coefficient (Wildman–Crippen LogP) is 3.96. The average molecular weight is 382 g/mol. The molecule has 1 aliphatic carbocycles. The van der Waals surface area contributed by atoms with Crippen LogP contribution in [0.5, 0.6) is 0 Å². The number of hydrogen-bond donors (Lipinski definition) is 0. The maximum atomic E-state index is 12.1. The largest absolute Gasteiger partial charge is 0.261 e. The van der Waals surface area contributed by atoms with E-state index in [-0.39, 0.29) is 11.0 Å². The maximum absolute atomic E-state index is 12.1. The zero-order valence-corrected chi connectivity index (χ0v) is 16.2. The van der Waals surface area contributed by atoms with Crippen molar-refractivity contribution in [2.24, 2.45) is 0 Å². The lowest BCUT2D eigenvalue weighted by atomic mass is 10.1. The van der Waals surface area contributed by atoms with Gasteiger partial charge in [0.2, 0.25) is 0 Å². The molecule has 0 N–H and O–H groups in total. The number of pyridine rings is 1. The van der Waals surface area contributed by atoms with Crippen LogP contribution in [-0.4, -0.2) is 28.4 Å². The fraction of sp³-hybridized carbons (Fsp3) is 0.333. The van der Waals surface area contributed by atoms with Gasteiger partial charge in [-0.3, -0.25) is 4.98 Å². The zero-order valence-electron chi connectivity index (χ0n) is 15.4. The zero-order chi connectivity index (χ0) is 18.9. The van der Waals surface area contributed by atoms with Gasteiger partial charge in [-0.2, -0.15) is 5.10 Å². The number of nitrogens with zero attached hydrogens (tertiary/aromatic N) is 3. The molecule has 1 aliphatic rings. The number of hydrogen-bond acceptors (Lipinski definition) is 4. The van der Waals surface area contributed by atoms with Crippen molar-refractivity contribution in [2.45, 2.75) is 43.6 Å². The van der Waals surface area contributed by atoms with E-state index in [1.807, 2.05) is 53.6 Å². The van der Waals surface area contributed by atoms with Crippen LogP contribution in [0.2, 0.25) is 0 Å². The first-order valence-electron chi connectivity index (χ1n) is 9.36. The minimum absolute atomic E-state index is 0.117. The predicted molar refractivity (Wildman–Crippen MR) is 106 cm³/mol. The van der Waals surface area contributed by atoms with Gasteiger partial charge in [-0.25, -0.2) is 13.1 Å². The molecule has 1 aromatic carbocycles. The normalized spacial score (nSPS) is 14.4. The molecule has 3 aromatic rings. The minimum Gasteiger partial charge on any atom is -0.261 e. The molecule has 0 atom stereocenters. The molecule has 0 radical (unpaired) electrons. The highest BCUT2D eigenvalue weighted by atomic mass is 32.2. The van der Waals surface area contributed by atoms with E-state index in [1.165, 1.54) is 0 Å². The first kappa shape index (κ1) is 17.9. The first-order valence-corrected chi connectivity index (χ1v) is 11.1. The summed E-state index contributed by atoms with van der Waals surface area (Å²) in [6.45, 7) is 2.14. The van der Waals surface area contributed by atoms with Crippen LogP contribution < -0.4 is 0 Å². The summed E-state index contributed by atoms with van der Waals surface area (Å²) >= 11 is 0. The molecule has 5 nitrogen and oxygen atoms in total. The Labute approximate surface area is 160 Å². The Balaban J connectivity index is 1.52. The highest BCUT2D eigenvalue weighted by Crippen LogP contribution is 2.31. The second kappa shape index (κ2) is 7.27. The Bertz CT molecular complexity index is 1040. The van der Waals surface area contributed by atoms with E-state index >= 15 is 0 Å². The molecule has 0 aliphatic heterocycles. The highest BCUT2D eigenvalue weighted by molar-refractivity contribution is 7.91. The van der Waals surface area contributed by atoms with Gasteiger partial charge in [-0.15, -0.1) is 0 Å². The lowest BCUT2D eigenvalue weighted by Crippen LogP contribution is -2.09. The fourth-order valence-corrected chi connectivity index (χ4v) is 4.93. The summed E-state index contributed by atoms with van der Waals surface area (Å²) in [5, 5.41) is 4.35. The molecule has 0 saturated heterocycles. The quantitative estimate of drug-likeness (QED) is 0.621. The van der Waals surface area contributed by atoms with Gasteiger partial charge in [0.25, 0.3) is 0 Å². The van der Waals surface area contributed by atoms with Crippen molar-refractivity contribution in [2.75, 3.05) is 0 Å². The molecular formula is C21H23N3O2S. The molecule has 6 heteroatoms. The molecule has 27 heavy (non-hydrogen) atoms. The van der Waals surface area contributed by atoms with E-state index in [0.29, 0.717) is 0 Å². The monoisotopic (exact) mass is 381 g/mol. The van der Waals surface area contributed by atoms with Gasteiger partial charge in [0.05, 0.1) is 22.9 Å². The van der Waals surface area contributed by atoms with Crippen LogP contribution in [0.4, 0.5) is 0 Å². The average Bonchev–Trinajstić information content (AvgIpc) is 3.41. The number of sulfone groups is 1. The molecule has 1 saturated carbocycles. The Morgan fingerprint density at radius 2 is 1.89 bits per heavy atom. The number of aromatic nitrogens is 3. The van der Waals surface area contributed by atoms with Crippen molar-refractivity contribution >= 4 is 9.84 Å². The van der Waals surface area contributed by atoms with Crippen molar-refractivity contribution in [1.82, 2.24) is 14.8 Å². The van der Waals surface area contributed by atoms with Crippen molar-refractivity contribution in [1.29, 1.82) is 0 Å². The summed E-state index contributed by atoms with van der Waals surface area (Å²) in [6, 6.07) is 11.7. The van der Waals surface area contributed by atoms with Crippen LogP contribution in [0.25, 0.3) is 16.8 Å². The summed E-state index contributed by atoms with van der Waals surface area (Å²) < 4.78 is 26.1. The number of benzene rings is 1. The number of aryl methyl sites for hydroxylation is 1. The summed E-state index contributed by atoms with van der Waals surface area (Å²) in [4.78, 5) is 4.39. The molecule has 0 bridgehead atoms. The van der Waals surface area contributed by atoms with Gasteiger partial charge in [0.15, 0.2) is 9.84 Å². The first-order chi connectivity index (χ1) is 13.0. The summed E-state index contributed by atoms with van der Waals surface area (Å²) in [5.41, 5.74) is 4.92. The topological polar surface area (TPSA) is 64.8 Å². The molecule has 4 rings (SSSR count). The lowest BCUT2D eigenvalue weighted by Gasteiger charge is -2.05. The van der Waals surface area contributed by atoms with Gasteiger partial charge in [0.1, 0.15) is 0 Å². The second-order valence-electron chi connectivity index (χ2n) is 7.13. The van der Waals surface area contributed by atoms with E-state index in [4.69, 9.17) is 0 Å². The van der Waals surface area contributed by atoms with Gasteiger partial charge < -0.3 is 0 Å². The fourth-order valence-electron chi connectivity index (χ4n) is 3.18. The molecule has 2 aromatic heterocycles. The molecule has 1 fully saturated rings. The Morgan fingerprint density at radius 1 is 1.11 bits per heavy atom. The SMILES string of the molecule is CCCc1cc(-n2cc(-c3ccc(CS(=O)(=O)C4CC4)cc3)cn2)ccn1. The van der Waals surface area contributed by atoms with Crippen LogP contribution in [0.1, 0.15) is 37.4 Å². The van der Waals surface area contributed by atoms with E-state index in [0.717, 1.165) is 53.8 Å². The molecule has 0 spiro atoms. The van der Waals surface area contributed by atoms with E-state index in [2.05, 4.69) is 23.1 Å². The minimum atomic E-state index is -2.98.